The molecule has 2 fully saturated rings. The van der Waals surface area contributed by atoms with Crippen LogP contribution in [0.4, 0.5) is 23.5 Å². The number of hydrogen-bond donors (Lipinski definition) is 1. The molecule has 2 aliphatic heterocycles. The standard InChI is InChI=1S/C23H24F4N8O2/c1-36-21-20-15(13-2-3-18-19(8-13)35(32-30-18)12-23(25,26)27)4-7-34(20)31-22(29-21)28-17-5-6-33(9-16(17)24)14-10-37-11-14/h2-4,7-8,14,16-17H,5-6,9-12H2,1H3,(H,28,31)/t16-,17-/m1/s1. The molecule has 3 aromatic heterocycles. The Hall–Kier alpha value is -3.52. The van der Waals surface area contributed by atoms with Gasteiger partial charge in [-0.2, -0.15) is 18.2 Å². The topological polar surface area (TPSA) is 94.6 Å². The van der Waals surface area contributed by atoms with Crippen molar-refractivity contribution in [1.29, 1.82) is 0 Å². The number of piperidine rings is 1. The highest BCUT2D eigenvalue weighted by molar-refractivity contribution is 5.89. The van der Waals surface area contributed by atoms with E-state index in [9.17, 15) is 17.6 Å². The number of methoxy groups -OCH3 is 1. The molecule has 1 N–H and O–H groups in total. The number of halogens is 4. The van der Waals surface area contributed by atoms with Crippen LogP contribution in [0.25, 0.3) is 27.7 Å². The van der Waals surface area contributed by atoms with Gasteiger partial charge in [-0.1, -0.05) is 11.3 Å². The zero-order chi connectivity index (χ0) is 25.7. The summed E-state index contributed by atoms with van der Waals surface area (Å²) in [4.78, 5) is 6.58. The number of nitrogens with one attached hydrogen (secondary N) is 1. The molecule has 1 aromatic carbocycles. The highest BCUT2D eigenvalue weighted by Crippen LogP contribution is 2.33. The lowest BCUT2D eigenvalue weighted by molar-refractivity contribution is -0.142. The van der Waals surface area contributed by atoms with Crippen molar-refractivity contribution in [3.63, 3.8) is 0 Å². The monoisotopic (exact) mass is 520 g/mol. The Labute approximate surface area is 208 Å². The molecule has 14 heteroatoms. The summed E-state index contributed by atoms with van der Waals surface area (Å²) >= 11 is 0. The number of alkyl halides is 4. The predicted octanol–water partition coefficient (Wildman–Crippen LogP) is 2.94. The van der Waals surface area contributed by atoms with Gasteiger partial charge in [-0.3, -0.25) is 4.90 Å². The number of fused-ring (bicyclic) bond motifs is 2. The van der Waals surface area contributed by atoms with E-state index in [1.54, 1.807) is 35.0 Å². The van der Waals surface area contributed by atoms with Gasteiger partial charge in [-0.05, 0) is 30.2 Å². The fraction of sp³-hybridized carbons (Fsp3) is 0.478. The normalized spacial score (nSPS) is 21.4. The summed E-state index contributed by atoms with van der Waals surface area (Å²) in [5.41, 5.74) is 2.41. The molecule has 4 aromatic rings. The number of benzene rings is 1. The Morgan fingerprint density at radius 1 is 1.22 bits per heavy atom. The van der Waals surface area contributed by atoms with Crippen LogP contribution in [-0.2, 0) is 11.3 Å². The van der Waals surface area contributed by atoms with Gasteiger partial charge >= 0.3 is 6.18 Å². The highest BCUT2D eigenvalue weighted by Gasteiger charge is 2.36. The second-order valence-electron chi connectivity index (χ2n) is 9.27. The number of nitrogens with zero attached hydrogens (tertiary/aromatic N) is 7. The smallest absolute Gasteiger partial charge is 0.408 e. The van der Waals surface area contributed by atoms with Crippen LogP contribution in [0.2, 0.25) is 0 Å². The van der Waals surface area contributed by atoms with E-state index in [1.165, 1.54) is 7.11 Å². The zero-order valence-corrected chi connectivity index (χ0v) is 19.8. The molecule has 0 spiro atoms. The Bertz CT molecular complexity index is 1430. The van der Waals surface area contributed by atoms with Gasteiger partial charge in [0.25, 0.3) is 0 Å². The SMILES string of the molecule is COc1nc(N[C@@H]2CCN(C3COC3)C[C@H]2F)nn2ccc(-c3ccc4nnn(CC(F)(F)F)c4c3)c12. The van der Waals surface area contributed by atoms with Crippen molar-refractivity contribution in [1.82, 2.24) is 34.5 Å². The van der Waals surface area contributed by atoms with Gasteiger partial charge in [0.05, 0.1) is 37.9 Å². The molecule has 10 nitrogen and oxygen atoms in total. The molecule has 0 unspecified atom stereocenters. The first-order chi connectivity index (χ1) is 17.8. The third-order valence-corrected chi connectivity index (χ3v) is 6.85. The number of likely N-dealkylation sites (tertiary alicyclic amines) is 1. The Morgan fingerprint density at radius 3 is 2.76 bits per heavy atom. The zero-order valence-electron chi connectivity index (χ0n) is 19.8. The molecule has 2 aliphatic rings. The molecule has 0 saturated carbocycles. The van der Waals surface area contributed by atoms with Crippen LogP contribution < -0.4 is 10.1 Å². The van der Waals surface area contributed by atoms with Crippen molar-refractivity contribution < 1.29 is 27.0 Å². The first-order valence-electron chi connectivity index (χ1n) is 11.9. The second kappa shape index (κ2) is 9.10. The largest absolute Gasteiger partial charge is 0.479 e. The van der Waals surface area contributed by atoms with Gasteiger partial charge < -0.3 is 14.8 Å². The lowest BCUT2D eigenvalue weighted by atomic mass is 10.0. The maximum atomic E-state index is 14.9. The van der Waals surface area contributed by atoms with E-state index < -0.39 is 24.9 Å². The van der Waals surface area contributed by atoms with Gasteiger partial charge in [0.1, 0.15) is 23.7 Å². The van der Waals surface area contributed by atoms with Crippen LogP contribution in [0.15, 0.2) is 30.5 Å². The Morgan fingerprint density at radius 2 is 2.05 bits per heavy atom. The molecule has 2 atom stereocenters. The molecule has 37 heavy (non-hydrogen) atoms. The molecule has 0 amide bonds. The number of hydrogen-bond acceptors (Lipinski definition) is 8. The lowest BCUT2D eigenvalue weighted by Crippen LogP contribution is -2.57. The minimum Gasteiger partial charge on any atom is -0.479 e. The average Bonchev–Trinajstić information content (AvgIpc) is 3.42. The van der Waals surface area contributed by atoms with Gasteiger partial charge in [0, 0.05) is 24.8 Å². The average molecular weight is 520 g/mol. The summed E-state index contributed by atoms with van der Waals surface area (Å²) in [5, 5.41) is 15.1. The van der Waals surface area contributed by atoms with E-state index in [4.69, 9.17) is 9.47 Å². The molecule has 6 rings (SSSR count). The molecular weight excluding hydrogens is 496 g/mol. The van der Waals surface area contributed by atoms with E-state index in [0.717, 1.165) is 11.2 Å². The van der Waals surface area contributed by atoms with Crippen LogP contribution in [0, 0.1) is 0 Å². The third kappa shape index (κ3) is 4.55. The molecule has 196 valence electrons. The highest BCUT2D eigenvalue weighted by atomic mass is 19.4. The van der Waals surface area contributed by atoms with Crippen molar-refractivity contribution >= 4 is 22.5 Å². The van der Waals surface area contributed by atoms with E-state index in [2.05, 4.69) is 30.6 Å². The van der Waals surface area contributed by atoms with Gasteiger partial charge in [-0.15, -0.1) is 10.2 Å². The summed E-state index contributed by atoms with van der Waals surface area (Å²) in [7, 11) is 1.46. The number of anilines is 1. The Kier molecular flexibility index (Phi) is 5.87. The van der Waals surface area contributed by atoms with Crippen molar-refractivity contribution in [2.75, 3.05) is 38.7 Å². The Balaban J connectivity index is 1.28. The van der Waals surface area contributed by atoms with E-state index in [0.29, 0.717) is 48.3 Å². The molecule has 0 aliphatic carbocycles. The summed E-state index contributed by atoms with van der Waals surface area (Å²) < 4.78 is 67.0. The van der Waals surface area contributed by atoms with Crippen LogP contribution in [0.1, 0.15) is 6.42 Å². The van der Waals surface area contributed by atoms with E-state index in [-0.39, 0.29) is 23.4 Å². The van der Waals surface area contributed by atoms with Crippen molar-refractivity contribution in [3.05, 3.63) is 30.5 Å². The molecule has 0 bridgehead atoms. The van der Waals surface area contributed by atoms with Crippen LogP contribution in [0.3, 0.4) is 0 Å². The molecule has 5 heterocycles. The summed E-state index contributed by atoms with van der Waals surface area (Å²) in [6, 6.07) is 6.56. The summed E-state index contributed by atoms with van der Waals surface area (Å²) in [5.74, 6) is 0.474. The molecule has 0 radical (unpaired) electrons. The number of rotatable bonds is 6. The quantitative estimate of drug-likeness (QED) is 0.388. The fourth-order valence-corrected chi connectivity index (χ4v) is 4.87. The van der Waals surface area contributed by atoms with Crippen molar-refractivity contribution in [3.8, 4) is 17.0 Å². The second-order valence-corrected chi connectivity index (χ2v) is 9.27. The number of ether oxygens (including phenoxy) is 2. The fourth-order valence-electron chi connectivity index (χ4n) is 4.87. The van der Waals surface area contributed by atoms with E-state index >= 15 is 0 Å². The first-order valence-corrected chi connectivity index (χ1v) is 11.9. The predicted molar refractivity (Wildman–Crippen MR) is 125 cm³/mol. The van der Waals surface area contributed by atoms with Crippen molar-refractivity contribution in [2.45, 2.75) is 37.4 Å². The van der Waals surface area contributed by atoms with Crippen molar-refractivity contribution in [2.24, 2.45) is 0 Å². The minimum atomic E-state index is -4.43. The van der Waals surface area contributed by atoms with Crippen LogP contribution in [0.5, 0.6) is 5.88 Å². The summed E-state index contributed by atoms with van der Waals surface area (Å²) in [6.07, 6.45) is -3.23. The summed E-state index contributed by atoms with van der Waals surface area (Å²) in [6.45, 7) is 1.12. The van der Waals surface area contributed by atoms with Gasteiger partial charge in [-0.25, -0.2) is 13.6 Å². The molecular formula is C23H24F4N8O2. The van der Waals surface area contributed by atoms with Crippen LogP contribution >= 0.6 is 0 Å². The first kappa shape index (κ1) is 23.9. The van der Waals surface area contributed by atoms with Gasteiger partial charge in [0.2, 0.25) is 11.8 Å². The maximum absolute atomic E-state index is 14.9. The van der Waals surface area contributed by atoms with Crippen LogP contribution in [-0.4, -0.2) is 92.3 Å². The minimum absolute atomic E-state index is 0.225. The maximum Gasteiger partial charge on any atom is 0.408 e. The number of aromatic nitrogens is 6. The third-order valence-electron chi connectivity index (χ3n) is 6.85. The molecule has 2 saturated heterocycles. The van der Waals surface area contributed by atoms with E-state index in [1.807, 2.05) is 0 Å². The van der Waals surface area contributed by atoms with Gasteiger partial charge in [0.15, 0.2) is 0 Å². The lowest BCUT2D eigenvalue weighted by Gasteiger charge is -2.42.